The van der Waals surface area contributed by atoms with Crippen LogP contribution in [0.15, 0.2) is 18.6 Å². The van der Waals surface area contributed by atoms with Crippen molar-refractivity contribution in [3.05, 3.63) is 24.2 Å². The second-order valence-corrected chi connectivity index (χ2v) is 12.8. The number of rotatable bonds is 7. The molecule has 0 bridgehead atoms. The summed E-state index contributed by atoms with van der Waals surface area (Å²) in [4.78, 5) is 10.2. The van der Waals surface area contributed by atoms with Crippen LogP contribution < -0.4 is 5.32 Å². The first kappa shape index (κ1) is 27.7. The number of nitrogens with zero attached hydrogens (tertiary/aromatic N) is 6. The molecular weight excluding hydrogens is 511 g/mol. The summed E-state index contributed by atoms with van der Waals surface area (Å²) in [5, 5.41) is 16.8. The lowest BCUT2D eigenvalue weighted by Crippen LogP contribution is -2.48. The summed E-state index contributed by atoms with van der Waals surface area (Å²) in [6, 6.07) is -0.175. The van der Waals surface area contributed by atoms with Crippen molar-refractivity contribution >= 4 is 16.0 Å². The van der Waals surface area contributed by atoms with E-state index in [0.29, 0.717) is 38.8 Å². The highest BCUT2D eigenvalue weighted by Crippen LogP contribution is 2.36. The van der Waals surface area contributed by atoms with E-state index in [9.17, 15) is 26.7 Å². The second kappa shape index (κ2) is 10.5. The number of aliphatic hydroxyl groups is 1. The zero-order valence-electron chi connectivity index (χ0n) is 21.2. The van der Waals surface area contributed by atoms with Gasteiger partial charge in [-0.1, -0.05) is 0 Å². The van der Waals surface area contributed by atoms with Gasteiger partial charge in [0.15, 0.2) is 0 Å². The SMILES string of the molecule is CN1CCC(S(=O)(=O)N2CCC(Nc3ncc(C(F)(F)F)c(-c4cnn(CC(C)(C)O)c4)n3)CC2)CC1. The molecule has 0 unspecified atom stereocenters. The molecule has 2 saturated heterocycles. The normalized spacial score (nSPS) is 19.9. The average molecular weight is 546 g/mol. The molecule has 2 aliphatic rings. The van der Waals surface area contributed by atoms with Crippen LogP contribution in [0.1, 0.15) is 45.1 Å². The van der Waals surface area contributed by atoms with Crippen molar-refractivity contribution in [2.75, 3.05) is 38.5 Å². The lowest BCUT2D eigenvalue weighted by molar-refractivity contribution is -0.137. The third-order valence-electron chi connectivity index (χ3n) is 6.78. The van der Waals surface area contributed by atoms with Gasteiger partial charge < -0.3 is 15.3 Å². The Bertz CT molecular complexity index is 1180. The molecule has 0 saturated carbocycles. The van der Waals surface area contributed by atoms with Crippen LogP contribution >= 0.6 is 0 Å². The molecule has 0 radical (unpaired) electrons. The van der Waals surface area contributed by atoms with Crippen LogP contribution in [0.2, 0.25) is 0 Å². The van der Waals surface area contributed by atoms with Crippen LogP contribution in [0.3, 0.4) is 0 Å². The first-order chi connectivity index (χ1) is 17.2. The summed E-state index contributed by atoms with van der Waals surface area (Å²) in [5.41, 5.74) is -2.24. The topological polar surface area (TPSA) is 116 Å². The standard InChI is InChI=1S/C23H34F3N7O3S/c1-22(2,34)15-32-14-16(12-28-32)20-19(23(24,25)26)13-27-21(30-20)29-17-4-10-33(11-5-17)37(35,36)18-6-8-31(3)9-7-18/h12-14,17-18,34H,4-11,15H2,1-3H3,(H,27,29,30). The molecule has 2 fully saturated rings. The van der Waals surface area contributed by atoms with Crippen molar-refractivity contribution < 1.29 is 26.7 Å². The maximum Gasteiger partial charge on any atom is 0.419 e. The van der Waals surface area contributed by atoms with Gasteiger partial charge >= 0.3 is 6.18 Å². The van der Waals surface area contributed by atoms with Crippen LogP contribution in [0.4, 0.5) is 19.1 Å². The molecule has 2 aromatic rings. The minimum atomic E-state index is -4.67. The molecular formula is C23H34F3N7O3S. The largest absolute Gasteiger partial charge is 0.419 e. The van der Waals surface area contributed by atoms with E-state index in [0.717, 1.165) is 19.3 Å². The Kier molecular flexibility index (Phi) is 7.84. The van der Waals surface area contributed by atoms with Crippen molar-refractivity contribution in [2.24, 2.45) is 0 Å². The van der Waals surface area contributed by atoms with Gasteiger partial charge in [0.1, 0.15) is 5.56 Å². The molecule has 0 atom stereocenters. The number of aromatic nitrogens is 4. The van der Waals surface area contributed by atoms with Crippen LogP contribution in [0, 0.1) is 0 Å². The molecule has 2 N–H and O–H groups in total. The van der Waals surface area contributed by atoms with Crippen LogP contribution in [0.25, 0.3) is 11.3 Å². The summed E-state index contributed by atoms with van der Waals surface area (Å²) < 4.78 is 70.1. The average Bonchev–Trinajstić information content (AvgIpc) is 3.26. The van der Waals surface area contributed by atoms with E-state index < -0.39 is 27.4 Å². The first-order valence-corrected chi connectivity index (χ1v) is 13.9. The number of anilines is 1. The fraction of sp³-hybridized carbons (Fsp3) is 0.696. The molecule has 0 amide bonds. The fourth-order valence-electron chi connectivity index (χ4n) is 4.78. The van der Waals surface area contributed by atoms with Crippen molar-refractivity contribution in [3.63, 3.8) is 0 Å². The van der Waals surface area contributed by atoms with Crippen LogP contribution in [-0.2, 0) is 22.7 Å². The van der Waals surface area contributed by atoms with E-state index in [1.807, 2.05) is 7.05 Å². The number of piperidine rings is 2. The highest BCUT2D eigenvalue weighted by Gasteiger charge is 2.38. The Morgan fingerprint density at radius 3 is 2.32 bits per heavy atom. The lowest BCUT2D eigenvalue weighted by Gasteiger charge is -2.36. The van der Waals surface area contributed by atoms with Gasteiger partial charge in [-0.25, -0.2) is 22.7 Å². The van der Waals surface area contributed by atoms with Gasteiger partial charge in [0.25, 0.3) is 0 Å². The minimum absolute atomic E-state index is 0.0369. The summed E-state index contributed by atoms with van der Waals surface area (Å²) in [7, 11) is -1.40. The maximum absolute atomic E-state index is 13.7. The number of halogens is 3. The van der Waals surface area contributed by atoms with Crippen molar-refractivity contribution in [1.29, 1.82) is 0 Å². The molecule has 2 aromatic heterocycles. The Morgan fingerprint density at radius 2 is 1.73 bits per heavy atom. The van der Waals surface area contributed by atoms with E-state index in [-0.39, 0.29) is 35.0 Å². The smallest absolute Gasteiger partial charge is 0.389 e. The number of likely N-dealkylation sites (tertiary alicyclic amines) is 1. The van der Waals surface area contributed by atoms with Crippen molar-refractivity contribution in [3.8, 4) is 11.3 Å². The monoisotopic (exact) mass is 545 g/mol. The summed E-state index contributed by atoms with van der Waals surface area (Å²) in [5.74, 6) is 0.0369. The highest BCUT2D eigenvalue weighted by atomic mass is 32.2. The van der Waals surface area contributed by atoms with E-state index in [1.165, 1.54) is 21.4 Å². The molecule has 206 valence electrons. The van der Waals surface area contributed by atoms with Gasteiger partial charge in [0.05, 0.1) is 29.3 Å². The zero-order chi connectivity index (χ0) is 27.0. The molecule has 4 heterocycles. The summed E-state index contributed by atoms with van der Waals surface area (Å²) >= 11 is 0. The van der Waals surface area contributed by atoms with Gasteiger partial charge in [-0.05, 0) is 59.7 Å². The number of hydrogen-bond acceptors (Lipinski definition) is 8. The van der Waals surface area contributed by atoms with E-state index in [2.05, 4.69) is 25.3 Å². The molecule has 14 heteroatoms. The van der Waals surface area contributed by atoms with E-state index in [4.69, 9.17) is 0 Å². The Labute approximate surface area is 214 Å². The summed E-state index contributed by atoms with van der Waals surface area (Å²) in [6.07, 6.45) is 0.990. The van der Waals surface area contributed by atoms with Gasteiger partial charge in [0.2, 0.25) is 16.0 Å². The van der Waals surface area contributed by atoms with Crippen LogP contribution in [-0.4, -0.2) is 92.6 Å². The van der Waals surface area contributed by atoms with Gasteiger partial charge in [-0.3, -0.25) is 4.68 Å². The highest BCUT2D eigenvalue weighted by molar-refractivity contribution is 7.89. The summed E-state index contributed by atoms with van der Waals surface area (Å²) in [6.45, 7) is 5.44. The Hall–Kier alpha value is -2.29. The molecule has 10 nitrogen and oxygen atoms in total. The quantitative estimate of drug-likeness (QED) is 0.545. The van der Waals surface area contributed by atoms with E-state index >= 15 is 0 Å². The molecule has 0 spiro atoms. The predicted octanol–water partition coefficient (Wildman–Crippen LogP) is 2.43. The lowest BCUT2D eigenvalue weighted by atomic mass is 10.1. The number of sulfonamides is 1. The number of alkyl halides is 3. The number of nitrogens with one attached hydrogen (secondary N) is 1. The molecule has 37 heavy (non-hydrogen) atoms. The third kappa shape index (κ3) is 6.78. The molecule has 0 aliphatic carbocycles. The van der Waals surface area contributed by atoms with Gasteiger partial charge in [0, 0.05) is 37.1 Å². The van der Waals surface area contributed by atoms with Crippen molar-refractivity contribution in [2.45, 2.75) is 69.1 Å². The molecule has 4 rings (SSSR count). The number of hydrogen-bond donors (Lipinski definition) is 2. The first-order valence-electron chi connectivity index (χ1n) is 12.4. The zero-order valence-corrected chi connectivity index (χ0v) is 22.1. The third-order valence-corrected chi connectivity index (χ3v) is 9.18. The van der Waals surface area contributed by atoms with Gasteiger partial charge in [-0.2, -0.15) is 18.3 Å². The molecule has 0 aromatic carbocycles. The Morgan fingerprint density at radius 1 is 1.08 bits per heavy atom. The van der Waals surface area contributed by atoms with E-state index in [1.54, 1.807) is 13.8 Å². The minimum Gasteiger partial charge on any atom is -0.389 e. The molecule has 2 aliphatic heterocycles. The van der Waals surface area contributed by atoms with Crippen molar-refractivity contribution in [1.82, 2.24) is 29.0 Å². The second-order valence-electron chi connectivity index (χ2n) is 10.6. The fourth-order valence-corrected chi connectivity index (χ4v) is 6.73. The van der Waals surface area contributed by atoms with Gasteiger partial charge in [-0.15, -0.1) is 0 Å². The van der Waals surface area contributed by atoms with Crippen LogP contribution in [0.5, 0.6) is 0 Å². The Balaban J connectivity index is 1.45. The maximum atomic E-state index is 13.7. The predicted molar refractivity (Wildman–Crippen MR) is 132 cm³/mol.